The van der Waals surface area contributed by atoms with Gasteiger partial charge in [0.1, 0.15) is 6.29 Å². The van der Waals surface area contributed by atoms with E-state index in [2.05, 4.69) is 131 Å². The van der Waals surface area contributed by atoms with E-state index in [4.69, 9.17) is 4.79 Å². The highest BCUT2D eigenvalue weighted by atomic mass is 16.2. The molecule has 1 aliphatic rings. The first-order valence-electron chi connectivity index (χ1n) is 20.3. The molecule has 1 aromatic heterocycles. The molecule has 2 aromatic rings. The number of nitrogens with zero attached hydrogens (tertiary/aromatic N) is 3. The van der Waals surface area contributed by atoms with Crippen molar-refractivity contribution in [2.24, 2.45) is 11.8 Å². The molecule has 0 unspecified atom stereocenters. The number of para-hydroxylation sites is 1. The van der Waals surface area contributed by atoms with Crippen LogP contribution in [0, 0.1) is 18.8 Å². The van der Waals surface area contributed by atoms with Gasteiger partial charge in [0.2, 0.25) is 35.9 Å². The first-order chi connectivity index (χ1) is 27.5. The summed E-state index contributed by atoms with van der Waals surface area (Å²) in [6.45, 7) is 27.7. The Balaban J connectivity index is -0.000000727. The van der Waals surface area contributed by atoms with Crippen molar-refractivity contribution in [2.75, 3.05) is 60.4 Å². The average molecular weight is 831 g/mol. The van der Waals surface area contributed by atoms with E-state index < -0.39 is 11.8 Å². The molecule has 59 heavy (non-hydrogen) atoms. The van der Waals surface area contributed by atoms with Crippen LogP contribution in [0.4, 0.5) is 0 Å². The standard InChI is InChI=1S/C14H17N.C13H25N5O4.C7H11NO2.2C4H10.C2H5NO/c1-5-14(3,4)15-10-11(2)12-8-6-7-9-13(12)15;1-9(2)17-11(20)6-15-12(21)8-18(4)13(22)7-16-10(19)5-14-3;9-6-5-8-4-2-1-3-7(8)10;2*1-4(2)3;1-3-2-4/h5-10H,1H2,2-4H3;9,14H,5-8H2,1-4H3,(H,15,21)(H,16,19)(H,17,20);6H,1-5H2;2*4H,1-3H3;2H,1H3,(H,3,4). The summed E-state index contributed by atoms with van der Waals surface area (Å²) in [5, 5.41) is 13.7. The Morgan fingerprint density at radius 1 is 0.864 bits per heavy atom. The van der Waals surface area contributed by atoms with Crippen molar-refractivity contribution in [1.82, 2.24) is 41.0 Å². The highest BCUT2D eigenvalue weighted by molar-refractivity contribution is 5.90. The van der Waals surface area contributed by atoms with Crippen molar-refractivity contribution in [3.8, 4) is 0 Å². The van der Waals surface area contributed by atoms with Crippen LogP contribution in [0.15, 0.2) is 43.1 Å². The zero-order chi connectivity index (χ0) is 46.1. The number of hydrogen-bond donors (Lipinski definition) is 5. The second kappa shape index (κ2) is 33.9. The number of likely N-dealkylation sites (tertiary alicyclic amines) is 1. The van der Waals surface area contributed by atoms with Gasteiger partial charge in [0.05, 0.1) is 38.3 Å². The van der Waals surface area contributed by atoms with Crippen LogP contribution in [0.1, 0.15) is 94.1 Å². The average Bonchev–Trinajstić information content (AvgIpc) is 3.51. The second-order valence-electron chi connectivity index (χ2n) is 15.9. The lowest BCUT2D eigenvalue weighted by Gasteiger charge is -2.24. The van der Waals surface area contributed by atoms with E-state index in [0.29, 0.717) is 12.8 Å². The first kappa shape index (κ1) is 58.3. The minimum Gasteiger partial charge on any atom is -0.362 e. The van der Waals surface area contributed by atoms with E-state index in [1.165, 1.54) is 28.4 Å². The third kappa shape index (κ3) is 30.7. The van der Waals surface area contributed by atoms with E-state index >= 15 is 0 Å². The highest BCUT2D eigenvalue weighted by Gasteiger charge is 2.19. The fraction of sp³-hybridized carbons (Fsp3) is 0.614. The van der Waals surface area contributed by atoms with Crippen molar-refractivity contribution in [1.29, 1.82) is 0 Å². The Kier molecular flexibility index (Phi) is 33.5. The molecule has 0 saturated carbocycles. The van der Waals surface area contributed by atoms with Gasteiger partial charge in [-0.15, -0.1) is 6.58 Å². The zero-order valence-electron chi connectivity index (χ0n) is 38.6. The van der Waals surface area contributed by atoms with Crippen LogP contribution >= 0.6 is 0 Å². The number of piperidine rings is 1. The first-order valence-corrected chi connectivity index (χ1v) is 20.3. The van der Waals surface area contributed by atoms with E-state index in [9.17, 15) is 28.8 Å². The van der Waals surface area contributed by atoms with Crippen LogP contribution in [-0.2, 0) is 39.1 Å². The Hall–Kier alpha value is -5.05. The van der Waals surface area contributed by atoms with Crippen LogP contribution in [0.25, 0.3) is 10.9 Å². The van der Waals surface area contributed by atoms with E-state index in [-0.39, 0.29) is 62.0 Å². The number of aldehydes is 1. The number of hydrogen-bond acceptors (Lipinski definition) is 8. The van der Waals surface area contributed by atoms with Gasteiger partial charge >= 0.3 is 0 Å². The number of carbonyl (C=O) groups excluding carboxylic acids is 7. The van der Waals surface area contributed by atoms with Gasteiger partial charge in [-0.3, -0.25) is 28.8 Å². The summed E-state index contributed by atoms with van der Waals surface area (Å²) in [4.78, 5) is 78.7. The maximum Gasteiger partial charge on any atom is 0.242 e. The van der Waals surface area contributed by atoms with Crippen LogP contribution in [-0.4, -0.2) is 123 Å². The molecule has 0 spiro atoms. The van der Waals surface area contributed by atoms with Gasteiger partial charge in [-0.25, -0.2) is 0 Å². The van der Waals surface area contributed by atoms with Crippen LogP contribution in [0.5, 0.6) is 0 Å². The molecular formula is C44H78N8O7. The monoisotopic (exact) mass is 831 g/mol. The van der Waals surface area contributed by atoms with E-state index in [1.54, 1.807) is 19.0 Å². The van der Waals surface area contributed by atoms with Crippen LogP contribution < -0.4 is 26.6 Å². The topological polar surface area (TPSA) is 191 Å². The molecular weight excluding hydrogens is 753 g/mol. The Bertz CT molecular complexity index is 1520. The van der Waals surface area contributed by atoms with E-state index in [1.807, 2.05) is 19.9 Å². The largest absolute Gasteiger partial charge is 0.362 e. The maximum absolute atomic E-state index is 11.7. The highest BCUT2D eigenvalue weighted by Crippen LogP contribution is 2.27. The lowest BCUT2D eigenvalue weighted by atomic mass is 10.1. The molecule has 1 aliphatic heterocycles. The minimum atomic E-state index is -0.448. The predicted octanol–water partition coefficient (Wildman–Crippen LogP) is 4.18. The Morgan fingerprint density at radius 3 is 1.88 bits per heavy atom. The number of aryl methyl sites for hydroxylation is 1. The molecule has 0 bridgehead atoms. The molecule has 2 heterocycles. The molecule has 0 aliphatic carbocycles. The molecule has 1 saturated heterocycles. The summed E-state index contributed by atoms with van der Waals surface area (Å²) in [6, 6.07) is 8.49. The lowest BCUT2D eigenvalue weighted by molar-refractivity contribution is -0.135. The van der Waals surface area contributed by atoms with Crippen LogP contribution in [0.2, 0.25) is 0 Å². The normalized spacial score (nSPS) is 11.6. The molecule has 1 fully saturated rings. The van der Waals surface area contributed by atoms with Gasteiger partial charge in [-0.05, 0) is 78.0 Å². The van der Waals surface area contributed by atoms with Crippen molar-refractivity contribution in [3.63, 3.8) is 0 Å². The Morgan fingerprint density at radius 2 is 1.41 bits per heavy atom. The quantitative estimate of drug-likeness (QED) is 0.138. The molecule has 15 heteroatoms. The number of aromatic nitrogens is 1. The fourth-order valence-electron chi connectivity index (χ4n) is 4.51. The number of amides is 6. The Labute approximate surface area is 354 Å². The predicted molar refractivity (Wildman–Crippen MR) is 240 cm³/mol. The lowest BCUT2D eigenvalue weighted by Crippen LogP contribution is -2.46. The number of benzene rings is 1. The second-order valence-corrected chi connectivity index (χ2v) is 15.9. The number of likely N-dealkylation sites (N-methyl/N-ethyl adjacent to an activating group) is 2. The van der Waals surface area contributed by atoms with Gasteiger partial charge in [0.25, 0.3) is 0 Å². The molecule has 336 valence electrons. The minimum absolute atomic E-state index is 0.00475. The molecule has 0 atom stereocenters. The summed E-state index contributed by atoms with van der Waals surface area (Å²) >= 11 is 0. The third-order valence-electron chi connectivity index (χ3n) is 7.34. The molecule has 15 nitrogen and oxygen atoms in total. The summed E-state index contributed by atoms with van der Waals surface area (Å²) in [5.41, 5.74) is 2.56. The number of fused-ring (bicyclic) bond motifs is 1. The zero-order valence-corrected chi connectivity index (χ0v) is 38.6. The van der Waals surface area contributed by atoms with Gasteiger partial charge in [-0.1, -0.05) is 65.8 Å². The summed E-state index contributed by atoms with van der Waals surface area (Å²) in [5.74, 6) is 0.344. The third-order valence-corrected chi connectivity index (χ3v) is 7.34. The van der Waals surface area contributed by atoms with Crippen molar-refractivity contribution >= 4 is 53.1 Å². The van der Waals surface area contributed by atoms with Crippen molar-refractivity contribution in [3.05, 3.63) is 48.7 Å². The van der Waals surface area contributed by atoms with Crippen LogP contribution in [0.3, 0.4) is 0 Å². The summed E-state index contributed by atoms with van der Waals surface area (Å²) < 4.78 is 2.28. The van der Waals surface area contributed by atoms with Gasteiger partial charge < -0.3 is 45.7 Å². The number of nitrogens with one attached hydrogen (secondary N) is 5. The van der Waals surface area contributed by atoms with Gasteiger partial charge in [-0.2, -0.15) is 0 Å². The van der Waals surface area contributed by atoms with Gasteiger partial charge in [0, 0.05) is 50.2 Å². The molecule has 5 N–H and O–H groups in total. The number of carbonyl (C=O) groups is 7. The maximum atomic E-state index is 11.7. The number of rotatable bonds is 14. The summed E-state index contributed by atoms with van der Waals surface area (Å²) in [6.07, 6.45) is 8.23. The SMILES string of the molecule is C=CC(C)(C)n1cc(C)c2ccccc21.CC(C)C.CC(C)C.CNC=O.CNCC(=O)NCC(=O)N(C)CC(=O)NCC(=O)NC(C)C.O=CCN1CCCCC1=O. The number of allylic oxidation sites excluding steroid dienone is 1. The van der Waals surface area contributed by atoms with Crippen molar-refractivity contribution in [2.45, 2.75) is 107 Å². The summed E-state index contributed by atoms with van der Waals surface area (Å²) in [7, 11) is 4.63. The molecule has 0 radical (unpaired) electrons. The molecule has 1 aromatic carbocycles. The van der Waals surface area contributed by atoms with Gasteiger partial charge in [0.15, 0.2) is 0 Å². The smallest absolute Gasteiger partial charge is 0.242 e. The van der Waals surface area contributed by atoms with E-state index in [0.717, 1.165) is 37.5 Å². The molecule has 3 rings (SSSR count). The van der Waals surface area contributed by atoms with Crippen molar-refractivity contribution < 1.29 is 33.6 Å². The molecule has 6 amide bonds. The fourth-order valence-corrected chi connectivity index (χ4v) is 4.51.